The quantitative estimate of drug-likeness (QED) is 0.140. The summed E-state index contributed by atoms with van der Waals surface area (Å²) in [7, 11) is 0. The van der Waals surface area contributed by atoms with Crippen molar-refractivity contribution in [2.75, 3.05) is 0 Å². The molecule has 10 nitrogen and oxygen atoms in total. The van der Waals surface area contributed by atoms with Gasteiger partial charge < -0.3 is 8.83 Å². The van der Waals surface area contributed by atoms with Crippen LogP contribution < -0.4 is 0 Å². The zero-order chi connectivity index (χ0) is 52.7. The molecule has 0 amide bonds. The number of hydrogen-bond donors (Lipinski definition) is 0. The Bertz CT molecular complexity index is 4590. The van der Waals surface area contributed by atoms with Crippen molar-refractivity contribution in [2.24, 2.45) is 0 Å². The molecule has 10 heteroatoms. The predicted octanol–water partition coefficient (Wildman–Crippen LogP) is 17.4. The van der Waals surface area contributed by atoms with Gasteiger partial charge in [-0.3, -0.25) is 9.13 Å². The van der Waals surface area contributed by atoms with Crippen LogP contribution in [0.4, 0.5) is 0 Å². The zero-order valence-electron chi connectivity index (χ0n) is 42.6. The van der Waals surface area contributed by atoms with Gasteiger partial charge in [0, 0.05) is 66.3 Å². The minimum absolute atomic E-state index is 0.595. The van der Waals surface area contributed by atoms with E-state index in [-0.39, 0.29) is 0 Å². The smallest absolute Gasteiger partial charge is 0.213 e. The molecule has 0 saturated carbocycles. The Hall–Kier alpha value is -11.1. The van der Waals surface area contributed by atoms with Gasteiger partial charge in [-0.05, 0) is 96.1 Å². The first-order valence-electron chi connectivity index (χ1n) is 26.5. The monoisotopic (exact) mass is 1030 g/mol. The molecule has 0 saturated heterocycles. The van der Waals surface area contributed by atoms with Gasteiger partial charge in [-0.25, -0.2) is 29.9 Å². The summed E-state index contributed by atoms with van der Waals surface area (Å²) in [4.78, 5) is 29.8. The highest BCUT2D eigenvalue weighted by molar-refractivity contribution is 6.22. The van der Waals surface area contributed by atoms with Crippen molar-refractivity contribution in [3.05, 3.63) is 255 Å². The van der Waals surface area contributed by atoms with E-state index in [0.29, 0.717) is 34.9 Å². The van der Waals surface area contributed by atoms with E-state index in [1.54, 1.807) is 0 Å². The van der Waals surface area contributed by atoms with Gasteiger partial charge >= 0.3 is 0 Å². The normalized spacial score (nSPS) is 11.8. The molecule has 0 fully saturated rings. The number of rotatable bonds is 9. The number of hydrogen-bond acceptors (Lipinski definition) is 8. The Morgan fingerprint density at radius 3 is 0.838 bits per heavy atom. The maximum absolute atomic E-state index is 6.78. The molecule has 6 aromatic heterocycles. The van der Waals surface area contributed by atoms with Crippen molar-refractivity contribution in [1.82, 2.24) is 39.0 Å². The van der Waals surface area contributed by atoms with Crippen LogP contribution in [0.1, 0.15) is 0 Å². The Labute approximate surface area is 457 Å². The second-order valence-corrected chi connectivity index (χ2v) is 19.9. The SMILES string of the molecule is c1ccc(-c2nc(-c3ccccc3)nc(-c3ccc(-n4c5ccc(-c6ccc7c(c6)c6c8ccccc8oc6n7-c6ccc(-c7nc(-c8ccccc8)nc(-c8ccccc8)n7)cc6)cc5c5c6ccccc6oc54)cc3)n2)cc1. The first-order valence-corrected chi connectivity index (χ1v) is 26.5. The third-order valence-corrected chi connectivity index (χ3v) is 15.1. The van der Waals surface area contributed by atoms with Gasteiger partial charge in [0.25, 0.3) is 0 Å². The molecule has 0 unspecified atom stereocenters. The molecule has 0 radical (unpaired) electrons. The number of fused-ring (bicyclic) bond motifs is 10. The topological polar surface area (TPSA) is 113 Å². The summed E-state index contributed by atoms with van der Waals surface area (Å²) in [5.41, 5.74) is 14.8. The van der Waals surface area contributed by atoms with Gasteiger partial charge in [-0.2, -0.15) is 0 Å². The summed E-state index contributed by atoms with van der Waals surface area (Å²) < 4.78 is 18.0. The largest absolute Gasteiger partial charge is 0.439 e. The van der Waals surface area contributed by atoms with Gasteiger partial charge in [0.05, 0.1) is 21.8 Å². The Kier molecular flexibility index (Phi) is 10.3. The Morgan fingerprint density at radius 1 is 0.237 bits per heavy atom. The summed E-state index contributed by atoms with van der Waals surface area (Å²) in [6.45, 7) is 0. The minimum atomic E-state index is 0.595. The molecule has 0 aliphatic heterocycles. The van der Waals surface area contributed by atoms with E-state index in [1.165, 1.54) is 0 Å². The van der Waals surface area contributed by atoms with Crippen LogP contribution in [0.3, 0.4) is 0 Å². The van der Waals surface area contributed by atoms with Crippen LogP contribution in [0, 0.1) is 0 Å². The highest BCUT2D eigenvalue weighted by atomic mass is 16.3. The van der Waals surface area contributed by atoms with E-state index in [2.05, 4.69) is 118 Å². The van der Waals surface area contributed by atoms with Crippen LogP contribution in [-0.4, -0.2) is 39.0 Å². The molecule has 374 valence electrons. The van der Waals surface area contributed by atoms with E-state index in [0.717, 1.165) is 122 Å². The summed E-state index contributed by atoms with van der Waals surface area (Å²) in [5.74, 6) is 3.67. The standard InChI is InChI=1S/C70H42N8O2/c1-5-17-43(18-6-1)63-71-64(44-19-7-2-8-20-44)74-67(73-63)47-29-35-51(36-30-47)77-57-39-33-49(41-55(57)61-53-25-13-15-27-59(53)79-69(61)77)50-34-40-58-56(42-50)62-54-26-14-16-28-60(54)80-70(62)78(58)52-37-31-48(32-38-52)68-75-65(45-21-9-3-10-22-45)72-66(76-68)46-23-11-4-12-24-46/h1-42H. The van der Waals surface area contributed by atoms with Crippen LogP contribution in [0.25, 0.3) is 157 Å². The highest BCUT2D eigenvalue weighted by Crippen LogP contribution is 2.44. The highest BCUT2D eigenvalue weighted by Gasteiger charge is 2.24. The summed E-state index contributed by atoms with van der Waals surface area (Å²) in [5, 5.41) is 6.41. The van der Waals surface area contributed by atoms with Gasteiger partial charge in [0.15, 0.2) is 34.9 Å². The molecule has 16 rings (SSSR count). The van der Waals surface area contributed by atoms with Gasteiger partial charge in [-0.15, -0.1) is 0 Å². The maximum Gasteiger partial charge on any atom is 0.213 e. The number of aromatic nitrogens is 8. The first-order chi connectivity index (χ1) is 39.6. The van der Waals surface area contributed by atoms with Crippen molar-refractivity contribution >= 4 is 65.9 Å². The lowest BCUT2D eigenvalue weighted by Gasteiger charge is -2.11. The first kappa shape index (κ1) is 45.1. The molecule has 10 aromatic carbocycles. The number of furan rings is 2. The molecule has 6 heterocycles. The molecule has 0 bridgehead atoms. The predicted molar refractivity (Wildman–Crippen MR) is 319 cm³/mol. The van der Waals surface area contributed by atoms with E-state index in [4.69, 9.17) is 38.7 Å². The molecule has 0 aliphatic rings. The molecule has 16 aromatic rings. The molecule has 80 heavy (non-hydrogen) atoms. The lowest BCUT2D eigenvalue weighted by molar-refractivity contribution is 0.645. The molecule has 0 atom stereocenters. The van der Waals surface area contributed by atoms with Gasteiger partial charge in [0.2, 0.25) is 11.4 Å². The van der Waals surface area contributed by atoms with Crippen LogP contribution >= 0.6 is 0 Å². The summed E-state index contributed by atoms with van der Waals surface area (Å²) >= 11 is 0. The van der Waals surface area contributed by atoms with E-state index >= 15 is 0 Å². The molecule has 0 spiro atoms. The molecular weight excluding hydrogens is 985 g/mol. The fourth-order valence-electron chi connectivity index (χ4n) is 11.2. The van der Waals surface area contributed by atoms with Crippen LogP contribution in [0.2, 0.25) is 0 Å². The van der Waals surface area contributed by atoms with Gasteiger partial charge in [-0.1, -0.05) is 170 Å². The van der Waals surface area contributed by atoms with Crippen LogP contribution in [0.5, 0.6) is 0 Å². The Morgan fingerprint density at radius 2 is 0.512 bits per heavy atom. The van der Waals surface area contributed by atoms with Crippen molar-refractivity contribution in [3.8, 4) is 90.8 Å². The van der Waals surface area contributed by atoms with Crippen molar-refractivity contribution in [3.63, 3.8) is 0 Å². The van der Waals surface area contributed by atoms with E-state index < -0.39 is 0 Å². The second-order valence-electron chi connectivity index (χ2n) is 19.9. The lowest BCUT2D eigenvalue weighted by atomic mass is 10.00. The fraction of sp³-hybridized carbons (Fsp3) is 0. The van der Waals surface area contributed by atoms with E-state index in [1.807, 2.05) is 146 Å². The molecular formula is C70H42N8O2. The van der Waals surface area contributed by atoms with Crippen LogP contribution in [-0.2, 0) is 0 Å². The van der Waals surface area contributed by atoms with Crippen molar-refractivity contribution in [2.45, 2.75) is 0 Å². The third-order valence-electron chi connectivity index (χ3n) is 15.1. The summed E-state index contributed by atoms with van der Waals surface area (Å²) in [6, 6.07) is 87.0. The van der Waals surface area contributed by atoms with Crippen LogP contribution in [0.15, 0.2) is 264 Å². The summed E-state index contributed by atoms with van der Waals surface area (Å²) in [6.07, 6.45) is 0. The second kappa shape index (κ2) is 18.3. The average molecular weight is 1030 g/mol. The molecule has 0 N–H and O–H groups in total. The van der Waals surface area contributed by atoms with Crippen molar-refractivity contribution in [1.29, 1.82) is 0 Å². The third kappa shape index (κ3) is 7.49. The number of benzene rings is 10. The van der Waals surface area contributed by atoms with Crippen molar-refractivity contribution < 1.29 is 8.83 Å². The number of nitrogens with zero attached hydrogens (tertiary/aromatic N) is 8. The molecule has 0 aliphatic carbocycles. The zero-order valence-corrected chi connectivity index (χ0v) is 42.6. The maximum atomic E-state index is 6.78. The average Bonchev–Trinajstić information content (AvgIpc) is 4.48. The number of para-hydroxylation sites is 2. The van der Waals surface area contributed by atoms with Gasteiger partial charge in [0.1, 0.15) is 11.2 Å². The minimum Gasteiger partial charge on any atom is -0.439 e. The van der Waals surface area contributed by atoms with E-state index in [9.17, 15) is 0 Å². The lowest BCUT2D eigenvalue weighted by Crippen LogP contribution is -2.00. The Balaban J connectivity index is 0.799. The fourth-order valence-corrected chi connectivity index (χ4v) is 11.2.